The number of thiophene rings is 1. The molecule has 1 amide bonds. The first kappa shape index (κ1) is 17.1. The van der Waals surface area contributed by atoms with Crippen LogP contribution in [0.25, 0.3) is 0 Å². The van der Waals surface area contributed by atoms with Crippen LogP contribution >= 0.6 is 11.3 Å². The number of halogens is 1. The SMILES string of the molecule is N#Cc1c(NC(=O)C[C@H](C(=O)O)c2ccc(F)cc2)sc2c1CCC2. The minimum Gasteiger partial charge on any atom is -0.481 e. The Bertz CT molecular complexity index is 868. The zero-order chi connectivity index (χ0) is 18.0. The maximum Gasteiger partial charge on any atom is 0.311 e. The molecule has 1 aromatic heterocycles. The molecule has 0 bridgehead atoms. The van der Waals surface area contributed by atoms with Crippen molar-refractivity contribution in [3.8, 4) is 6.07 Å². The van der Waals surface area contributed by atoms with Gasteiger partial charge in [0.2, 0.25) is 5.91 Å². The molecule has 0 unspecified atom stereocenters. The third-order valence-corrected chi connectivity index (χ3v) is 5.45. The van der Waals surface area contributed by atoms with Gasteiger partial charge in [0.25, 0.3) is 0 Å². The second kappa shape index (κ2) is 7.03. The molecule has 3 rings (SSSR count). The van der Waals surface area contributed by atoms with E-state index >= 15 is 0 Å². The molecule has 2 aromatic rings. The van der Waals surface area contributed by atoms with Gasteiger partial charge in [0.1, 0.15) is 16.9 Å². The van der Waals surface area contributed by atoms with Crippen molar-refractivity contribution in [1.82, 2.24) is 0 Å². The molecule has 7 heteroatoms. The number of amides is 1. The van der Waals surface area contributed by atoms with E-state index in [2.05, 4.69) is 11.4 Å². The summed E-state index contributed by atoms with van der Waals surface area (Å²) >= 11 is 1.38. The van der Waals surface area contributed by atoms with Crippen molar-refractivity contribution in [2.24, 2.45) is 0 Å². The summed E-state index contributed by atoms with van der Waals surface area (Å²) in [5.74, 6) is -3.17. The van der Waals surface area contributed by atoms with Crippen molar-refractivity contribution in [3.05, 3.63) is 51.7 Å². The minimum atomic E-state index is -1.16. The Morgan fingerprint density at radius 1 is 1.32 bits per heavy atom. The minimum absolute atomic E-state index is 0.283. The standard InChI is InChI=1S/C18H15FN2O3S/c19-11-6-4-10(5-7-11)13(18(23)24)8-16(22)21-17-14(9-20)12-2-1-3-15(12)25-17/h4-7,13H,1-3,8H2,(H,21,22)(H,23,24)/t13-/m0/s1. The number of aryl methyl sites for hydroxylation is 1. The van der Waals surface area contributed by atoms with Gasteiger partial charge in [0, 0.05) is 11.3 Å². The number of nitrogens with one attached hydrogen (secondary N) is 1. The highest BCUT2D eigenvalue weighted by atomic mass is 32.1. The number of rotatable bonds is 5. The Balaban J connectivity index is 1.76. The summed E-state index contributed by atoms with van der Waals surface area (Å²) in [6, 6.07) is 7.19. The van der Waals surface area contributed by atoms with Crippen LogP contribution in [0.4, 0.5) is 9.39 Å². The lowest BCUT2D eigenvalue weighted by molar-refractivity contribution is -0.140. The third-order valence-electron chi connectivity index (χ3n) is 4.25. The van der Waals surface area contributed by atoms with Gasteiger partial charge in [-0.05, 0) is 42.5 Å². The molecule has 1 aliphatic carbocycles. The van der Waals surface area contributed by atoms with E-state index in [1.54, 1.807) is 0 Å². The molecular formula is C18H15FN2O3S. The molecule has 25 heavy (non-hydrogen) atoms. The molecule has 0 fully saturated rings. The molecule has 1 atom stereocenters. The van der Waals surface area contributed by atoms with Gasteiger partial charge in [-0.3, -0.25) is 9.59 Å². The summed E-state index contributed by atoms with van der Waals surface area (Å²) in [5.41, 5.74) is 1.84. The molecule has 0 saturated carbocycles. The fourth-order valence-corrected chi connectivity index (χ4v) is 4.27. The smallest absolute Gasteiger partial charge is 0.311 e. The van der Waals surface area contributed by atoms with Crippen LogP contribution in [0.5, 0.6) is 0 Å². The van der Waals surface area contributed by atoms with Gasteiger partial charge in [-0.25, -0.2) is 4.39 Å². The highest BCUT2D eigenvalue weighted by molar-refractivity contribution is 7.16. The highest BCUT2D eigenvalue weighted by Gasteiger charge is 2.26. The molecule has 2 N–H and O–H groups in total. The molecule has 0 spiro atoms. The molecule has 1 heterocycles. The Morgan fingerprint density at radius 2 is 2.04 bits per heavy atom. The Kier molecular flexibility index (Phi) is 4.81. The number of nitrogens with zero attached hydrogens (tertiary/aromatic N) is 1. The number of nitriles is 1. The van der Waals surface area contributed by atoms with Gasteiger partial charge < -0.3 is 10.4 Å². The van der Waals surface area contributed by atoms with E-state index in [-0.39, 0.29) is 6.42 Å². The Labute approximate surface area is 147 Å². The van der Waals surface area contributed by atoms with Crippen molar-refractivity contribution in [1.29, 1.82) is 5.26 Å². The van der Waals surface area contributed by atoms with Gasteiger partial charge in [0.15, 0.2) is 0 Å². The van der Waals surface area contributed by atoms with Gasteiger partial charge >= 0.3 is 5.97 Å². The zero-order valence-corrected chi connectivity index (χ0v) is 14.0. The number of carbonyl (C=O) groups is 2. The van der Waals surface area contributed by atoms with E-state index in [0.29, 0.717) is 16.1 Å². The molecule has 1 aromatic carbocycles. The van der Waals surface area contributed by atoms with E-state index < -0.39 is 23.6 Å². The normalized spacial score (nSPS) is 13.8. The summed E-state index contributed by atoms with van der Waals surface area (Å²) in [6.07, 6.45) is 2.46. The van der Waals surface area contributed by atoms with Crippen LogP contribution in [0.15, 0.2) is 24.3 Å². The molecule has 0 aliphatic heterocycles. The van der Waals surface area contributed by atoms with E-state index in [1.165, 1.54) is 35.6 Å². The number of carbonyl (C=O) groups excluding carboxylic acids is 1. The average Bonchev–Trinajstić information content (AvgIpc) is 3.13. The molecule has 5 nitrogen and oxygen atoms in total. The van der Waals surface area contributed by atoms with Gasteiger partial charge in [-0.1, -0.05) is 12.1 Å². The average molecular weight is 358 g/mol. The first-order chi connectivity index (χ1) is 12.0. The fraction of sp³-hybridized carbons (Fsp3) is 0.278. The number of hydrogen-bond donors (Lipinski definition) is 2. The predicted octanol–water partition coefficient (Wildman–Crippen LogP) is 3.44. The zero-order valence-electron chi connectivity index (χ0n) is 13.2. The maximum atomic E-state index is 13.0. The van der Waals surface area contributed by atoms with Gasteiger partial charge in [-0.2, -0.15) is 5.26 Å². The van der Waals surface area contributed by atoms with Crippen LogP contribution in [-0.2, 0) is 22.4 Å². The highest BCUT2D eigenvalue weighted by Crippen LogP contribution is 2.38. The second-order valence-electron chi connectivity index (χ2n) is 5.87. The topological polar surface area (TPSA) is 90.2 Å². The van der Waals surface area contributed by atoms with Crippen LogP contribution < -0.4 is 5.32 Å². The summed E-state index contributed by atoms with van der Waals surface area (Å²) in [5, 5.41) is 21.9. The van der Waals surface area contributed by atoms with Gasteiger partial charge in [-0.15, -0.1) is 11.3 Å². The van der Waals surface area contributed by atoms with E-state index in [1.807, 2.05) is 0 Å². The summed E-state index contributed by atoms with van der Waals surface area (Å²) in [6.45, 7) is 0. The molecule has 0 saturated heterocycles. The number of carboxylic acid groups (broad SMARTS) is 1. The van der Waals surface area contributed by atoms with Crippen LogP contribution in [-0.4, -0.2) is 17.0 Å². The van der Waals surface area contributed by atoms with E-state index in [0.717, 1.165) is 29.7 Å². The number of carboxylic acids is 1. The number of hydrogen-bond acceptors (Lipinski definition) is 4. The first-order valence-electron chi connectivity index (χ1n) is 7.82. The van der Waals surface area contributed by atoms with Crippen molar-refractivity contribution in [2.75, 3.05) is 5.32 Å². The number of fused-ring (bicyclic) bond motifs is 1. The van der Waals surface area contributed by atoms with Crippen molar-refractivity contribution in [2.45, 2.75) is 31.6 Å². The second-order valence-corrected chi connectivity index (χ2v) is 6.97. The first-order valence-corrected chi connectivity index (χ1v) is 8.64. The molecule has 0 radical (unpaired) electrons. The summed E-state index contributed by atoms with van der Waals surface area (Å²) in [4.78, 5) is 24.9. The van der Waals surface area contributed by atoms with Crippen LogP contribution in [0.2, 0.25) is 0 Å². The predicted molar refractivity (Wildman–Crippen MR) is 91.1 cm³/mol. The molecular weight excluding hydrogens is 343 g/mol. The van der Waals surface area contributed by atoms with Crippen molar-refractivity contribution < 1.29 is 19.1 Å². The van der Waals surface area contributed by atoms with Crippen LogP contribution in [0.1, 0.15) is 40.3 Å². The molecule has 128 valence electrons. The van der Waals surface area contributed by atoms with Crippen LogP contribution in [0.3, 0.4) is 0 Å². The quantitative estimate of drug-likeness (QED) is 0.857. The number of anilines is 1. The van der Waals surface area contributed by atoms with E-state index in [4.69, 9.17) is 0 Å². The lowest BCUT2D eigenvalue weighted by atomic mass is 9.95. The van der Waals surface area contributed by atoms with Gasteiger partial charge in [0.05, 0.1) is 11.5 Å². The summed E-state index contributed by atoms with van der Waals surface area (Å²) < 4.78 is 13.0. The Hall–Kier alpha value is -2.72. The van der Waals surface area contributed by atoms with Crippen LogP contribution in [0, 0.1) is 17.1 Å². The number of aliphatic carboxylic acids is 1. The van der Waals surface area contributed by atoms with E-state index in [9.17, 15) is 24.3 Å². The number of benzene rings is 1. The monoisotopic (exact) mass is 358 g/mol. The van der Waals surface area contributed by atoms with Crippen molar-refractivity contribution >= 4 is 28.2 Å². The lowest BCUT2D eigenvalue weighted by Crippen LogP contribution is -2.21. The maximum absolute atomic E-state index is 13.0. The fourth-order valence-electron chi connectivity index (χ4n) is 3.02. The summed E-state index contributed by atoms with van der Waals surface area (Å²) in [7, 11) is 0. The third kappa shape index (κ3) is 3.54. The lowest BCUT2D eigenvalue weighted by Gasteiger charge is -2.12. The Morgan fingerprint density at radius 3 is 2.68 bits per heavy atom. The largest absolute Gasteiger partial charge is 0.481 e. The molecule has 1 aliphatic rings. The van der Waals surface area contributed by atoms with Crippen molar-refractivity contribution in [3.63, 3.8) is 0 Å².